The van der Waals surface area contributed by atoms with Gasteiger partial charge in [-0.15, -0.1) is 0 Å². The topological polar surface area (TPSA) is 103 Å². The Bertz CT molecular complexity index is 1380. The molecule has 0 amide bonds. The molecule has 210 valence electrons. The van der Waals surface area contributed by atoms with Gasteiger partial charge in [-0.05, 0) is 42.3 Å². The van der Waals surface area contributed by atoms with Gasteiger partial charge in [0.2, 0.25) is 10.0 Å². The molecule has 0 atom stereocenters. The van der Waals surface area contributed by atoms with E-state index < -0.39 is 10.0 Å². The van der Waals surface area contributed by atoms with Crippen LogP contribution in [0.5, 0.6) is 5.75 Å². The van der Waals surface area contributed by atoms with Crippen molar-refractivity contribution in [2.45, 2.75) is 35.7 Å². The highest BCUT2D eigenvalue weighted by atomic mass is 32.2. The summed E-state index contributed by atoms with van der Waals surface area (Å²) in [6.45, 7) is 8.07. The Kier molecular flexibility index (Phi) is 9.21. The van der Waals surface area contributed by atoms with E-state index in [1.807, 2.05) is 18.2 Å². The second-order valence-electron chi connectivity index (χ2n) is 9.55. The van der Waals surface area contributed by atoms with Crippen molar-refractivity contribution in [3.05, 3.63) is 48.0 Å². The molecule has 0 spiro atoms. The van der Waals surface area contributed by atoms with Crippen LogP contribution in [0.15, 0.2) is 52.5 Å². The smallest absolute Gasteiger partial charge is 0.308 e. The fourth-order valence-electron chi connectivity index (χ4n) is 4.76. The highest BCUT2D eigenvalue weighted by Gasteiger charge is 2.27. The lowest BCUT2D eigenvalue weighted by Crippen LogP contribution is -2.40. The van der Waals surface area contributed by atoms with Crippen molar-refractivity contribution in [1.82, 2.24) is 18.8 Å². The van der Waals surface area contributed by atoms with Gasteiger partial charge < -0.3 is 18.8 Å². The Balaban J connectivity index is 1.37. The van der Waals surface area contributed by atoms with Gasteiger partial charge in [-0.3, -0.25) is 9.69 Å². The van der Waals surface area contributed by atoms with Gasteiger partial charge in [0.1, 0.15) is 5.75 Å². The number of carbonyl (C=O) groups excluding carboxylic acids is 1. The van der Waals surface area contributed by atoms with E-state index in [0.717, 1.165) is 62.1 Å². The number of benzene rings is 2. The second kappa shape index (κ2) is 12.8. The molecule has 10 nitrogen and oxygen atoms in total. The Morgan fingerprint density at radius 1 is 0.974 bits per heavy atom. The van der Waals surface area contributed by atoms with E-state index >= 15 is 0 Å². The second-order valence-corrected chi connectivity index (χ2v) is 12.4. The van der Waals surface area contributed by atoms with E-state index in [1.54, 1.807) is 36.0 Å². The number of aromatic nitrogens is 2. The molecule has 0 bridgehead atoms. The Labute approximate surface area is 233 Å². The maximum Gasteiger partial charge on any atom is 0.308 e. The highest BCUT2D eigenvalue weighted by molar-refractivity contribution is 7.98. The largest absolute Gasteiger partial charge is 0.427 e. The van der Waals surface area contributed by atoms with Crippen LogP contribution in [0.25, 0.3) is 11.0 Å². The lowest BCUT2D eigenvalue weighted by molar-refractivity contribution is -0.131. The minimum absolute atomic E-state index is 0.257. The van der Waals surface area contributed by atoms with Crippen LogP contribution in [-0.4, -0.2) is 92.3 Å². The molecule has 39 heavy (non-hydrogen) atoms. The van der Waals surface area contributed by atoms with Crippen molar-refractivity contribution >= 4 is 38.8 Å². The first kappa shape index (κ1) is 28.1. The highest BCUT2D eigenvalue weighted by Crippen LogP contribution is 2.30. The number of esters is 1. The van der Waals surface area contributed by atoms with Gasteiger partial charge in [0.05, 0.1) is 42.4 Å². The number of hydrogen-bond acceptors (Lipinski definition) is 9. The average molecular weight is 575 g/mol. The van der Waals surface area contributed by atoms with Crippen molar-refractivity contribution in [3.63, 3.8) is 0 Å². The maximum atomic E-state index is 13.3. The van der Waals surface area contributed by atoms with Gasteiger partial charge in [-0.2, -0.15) is 4.31 Å². The quantitative estimate of drug-likeness (QED) is 0.205. The van der Waals surface area contributed by atoms with Crippen molar-refractivity contribution in [3.8, 4) is 5.75 Å². The van der Waals surface area contributed by atoms with Gasteiger partial charge >= 0.3 is 5.97 Å². The summed E-state index contributed by atoms with van der Waals surface area (Å²) < 4.78 is 46.1. The van der Waals surface area contributed by atoms with Gasteiger partial charge in [-0.1, -0.05) is 23.9 Å². The molecular weight excluding hydrogens is 540 g/mol. The van der Waals surface area contributed by atoms with E-state index in [0.29, 0.717) is 43.3 Å². The average Bonchev–Trinajstić information content (AvgIpc) is 3.30. The van der Waals surface area contributed by atoms with E-state index in [1.165, 1.54) is 11.2 Å². The van der Waals surface area contributed by atoms with Crippen LogP contribution in [0.4, 0.5) is 0 Å². The molecule has 2 fully saturated rings. The third-order valence-corrected chi connectivity index (χ3v) is 9.75. The number of fused-ring (bicyclic) bond motifs is 1. The molecule has 1 aromatic heterocycles. The van der Waals surface area contributed by atoms with Gasteiger partial charge in [0.15, 0.2) is 5.16 Å². The number of morpholine rings is 2. The van der Waals surface area contributed by atoms with Crippen molar-refractivity contribution < 1.29 is 27.4 Å². The molecule has 0 N–H and O–H groups in total. The third kappa shape index (κ3) is 7.00. The number of rotatable bonds is 10. The van der Waals surface area contributed by atoms with Crippen LogP contribution in [0.3, 0.4) is 0 Å². The number of imidazole rings is 1. The number of ether oxygens (including phenoxy) is 3. The molecule has 0 aliphatic carbocycles. The zero-order valence-corrected chi connectivity index (χ0v) is 23.7. The van der Waals surface area contributed by atoms with E-state index in [-0.39, 0.29) is 10.9 Å². The predicted molar refractivity (Wildman–Crippen MR) is 148 cm³/mol. The van der Waals surface area contributed by atoms with Crippen LogP contribution in [0.1, 0.15) is 18.9 Å². The Hall–Kier alpha value is -2.48. The standard InChI is InChI=1S/C27H34N4O6S2/c1-21(32)37-23-5-3-22(4-6-23)20-38-27-28-25-19-24(39(33,34)30-13-17-36-18-14-30)7-8-26(25)31(27)10-2-9-29-11-15-35-16-12-29/h3-8,19H,2,9-18,20H2,1H3. The van der Waals surface area contributed by atoms with Crippen molar-refractivity contribution in [1.29, 1.82) is 0 Å². The van der Waals surface area contributed by atoms with Crippen LogP contribution >= 0.6 is 11.8 Å². The summed E-state index contributed by atoms with van der Waals surface area (Å²) in [6, 6.07) is 12.7. The molecule has 3 heterocycles. The number of aryl methyl sites for hydroxylation is 1. The molecule has 0 radical (unpaired) electrons. The SMILES string of the molecule is CC(=O)Oc1ccc(CSc2nc3cc(S(=O)(=O)N4CCOCC4)ccc3n2CCCN2CCOCC2)cc1. The number of nitrogens with zero attached hydrogens (tertiary/aromatic N) is 4. The molecule has 2 aromatic carbocycles. The number of carbonyl (C=O) groups is 1. The minimum Gasteiger partial charge on any atom is -0.427 e. The van der Waals surface area contributed by atoms with Gasteiger partial charge in [0.25, 0.3) is 0 Å². The molecule has 2 aliphatic heterocycles. The summed E-state index contributed by atoms with van der Waals surface area (Å²) in [5.74, 6) is 0.838. The fraction of sp³-hybridized carbons (Fsp3) is 0.481. The van der Waals surface area contributed by atoms with E-state index in [9.17, 15) is 13.2 Å². The summed E-state index contributed by atoms with van der Waals surface area (Å²) in [5, 5.41) is 0.844. The van der Waals surface area contributed by atoms with Crippen molar-refractivity contribution in [2.24, 2.45) is 0 Å². The summed E-state index contributed by atoms with van der Waals surface area (Å²) in [5.41, 5.74) is 2.66. The molecule has 3 aromatic rings. The summed E-state index contributed by atoms with van der Waals surface area (Å²) in [7, 11) is -3.61. The monoisotopic (exact) mass is 574 g/mol. The van der Waals surface area contributed by atoms with Crippen molar-refractivity contribution in [2.75, 3.05) is 59.2 Å². The lowest BCUT2D eigenvalue weighted by Gasteiger charge is -2.26. The van der Waals surface area contributed by atoms with Crippen LogP contribution in [-0.2, 0) is 36.6 Å². The van der Waals surface area contributed by atoms with E-state index in [2.05, 4.69) is 9.47 Å². The molecular formula is C27H34N4O6S2. The molecule has 12 heteroatoms. The molecule has 0 saturated carbocycles. The third-order valence-electron chi connectivity index (χ3n) is 6.81. The fourth-order valence-corrected chi connectivity index (χ4v) is 7.18. The number of thioether (sulfide) groups is 1. The van der Waals surface area contributed by atoms with E-state index in [4.69, 9.17) is 19.2 Å². The number of hydrogen-bond donors (Lipinski definition) is 0. The summed E-state index contributed by atoms with van der Waals surface area (Å²) in [6.07, 6.45) is 0.948. The zero-order valence-electron chi connectivity index (χ0n) is 22.1. The molecule has 5 rings (SSSR count). The van der Waals surface area contributed by atoms with Crippen LogP contribution in [0.2, 0.25) is 0 Å². The maximum absolute atomic E-state index is 13.3. The molecule has 0 unspecified atom stereocenters. The van der Waals surface area contributed by atoms with Gasteiger partial charge in [-0.25, -0.2) is 13.4 Å². The normalized spacial score (nSPS) is 17.5. The Morgan fingerprint density at radius 3 is 2.36 bits per heavy atom. The molecule has 2 saturated heterocycles. The number of sulfonamides is 1. The van der Waals surface area contributed by atoms with Gasteiger partial charge in [0, 0.05) is 51.9 Å². The minimum atomic E-state index is -3.61. The van der Waals surface area contributed by atoms with Crippen LogP contribution in [0, 0.1) is 0 Å². The molecule has 2 aliphatic rings. The summed E-state index contributed by atoms with van der Waals surface area (Å²) >= 11 is 1.61. The Morgan fingerprint density at radius 2 is 1.67 bits per heavy atom. The zero-order chi connectivity index (χ0) is 27.2. The van der Waals surface area contributed by atoms with Crippen LogP contribution < -0.4 is 4.74 Å². The first-order chi connectivity index (χ1) is 18.9. The summed E-state index contributed by atoms with van der Waals surface area (Å²) in [4.78, 5) is 18.8. The first-order valence-electron chi connectivity index (χ1n) is 13.2. The first-order valence-corrected chi connectivity index (χ1v) is 15.6. The predicted octanol–water partition coefficient (Wildman–Crippen LogP) is 3.00. The lowest BCUT2D eigenvalue weighted by atomic mass is 10.2.